The van der Waals surface area contributed by atoms with Gasteiger partial charge in [-0.3, -0.25) is 0 Å². The molecule has 33 heavy (non-hydrogen) atoms. The molecular weight excluding hydrogens is 436 g/mol. The molecule has 4 heterocycles. The smallest absolute Gasteiger partial charge is 0.213 e. The van der Waals surface area contributed by atoms with E-state index in [1.165, 1.54) is 0 Å². The number of rotatable bonds is 9. The first-order chi connectivity index (χ1) is 16.1. The van der Waals surface area contributed by atoms with Crippen LogP contribution in [0.5, 0.6) is 5.88 Å². The Morgan fingerprint density at radius 3 is 2.55 bits per heavy atom. The molecule has 1 aliphatic rings. The number of ether oxygens (including phenoxy) is 2. The third-order valence-electron chi connectivity index (χ3n) is 5.89. The summed E-state index contributed by atoms with van der Waals surface area (Å²) in [4.78, 5) is 21.4. The van der Waals surface area contributed by atoms with Crippen LogP contribution in [0, 0.1) is 6.92 Å². The fourth-order valence-corrected chi connectivity index (χ4v) is 4.89. The van der Waals surface area contributed by atoms with Crippen molar-refractivity contribution in [3.05, 3.63) is 40.8 Å². The van der Waals surface area contributed by atoms with Crippen molar-refractivity contribution in [1.82, 2.24) is 19.9 Å². The van der Waals surface area contributed by atoms with Gasteiger partial charge in [-0.1, -0.05) is 13.8 Å². The Morgan fingerprint density at radius 2 is 1.91 bits per heavy atom. The van der Waals surface area contributed by atoms with Gasteiger partial charge < -0.3 is 19.7 Å². The Morgan fingerprint density at radius 1 is 1.09 bits per heavy atom. The molecule has 1 fully saturated rings. The number of hydrogen-bond donors (Lipinski definition) is 1. The van der Waals surface area contributed by atoms with Crippen molar-refractivity contribution in [2.45, 2.75) is 52.7 Å². The van der Waals surface area contributed by atoms with Crippen molar-refractivity contribution < 1.29 is 9.47 Å². The van der Waals surface area contributed by atoms with Crippen LogP contribution in [0.3, 0.4) is 0 Å². The highest BCUT2D eigenvalue weighted by molar-refractivity contribution is 7.13. The van der Waals surface area contributed by atoms with Crippen LogP contribution in [-0.2, 0) is 17.6 Å². The number of nitrogens with one attached hydrogen (secondary N) is 1. The highest BCUT2D eigenvalue weighted by Gasteiger charge is 2.35. The molecular formula is C24H32N6O2S. The lowest BCUT2D eigenvalue weighted by atomic mass is 10.1. The van der Waals surface area contributed by atoms with Crippen LogP contribution in [-0.4, -0.2) is 58.9 Å². The lowest BCUT2D eigenvalue weighted by molar-refractivity contribution is 0.0719. The van der Waals surface area contributed by atoms with Crippen LogP contribution in [0.4, 0.5) is 10.9 Å². The molecule has 3 aromatic rings. The number of nitrogens with zero attached hydrogens (tertiary/aromatic N) is 5. The third kappa shape index (κ3) is 4.94. The maximum Gasteiger partial charge on any atom is 0.213 e. The van der Waals surface area contributed by atoms with E-state index in [0.717, 1.165) is 65.2 Å². The van der Waals surface area contributed by atoms with Gasteiger partial charge >= 0.3 is 0 Å². The Hall–Kier alpha value is -2.78. The van der Waals surface area contributed by atoms with E-state index in [-0.39, 0.29) is 12.1 Å². The summed E-state index contributed by atoms with van der Waals surface area (Å²) in [6.07, 6.45) is 3.46. The molecule has 1 N–H and O–H groups in total. The fourth-order valence-electron chi connectivity index (χ4n) is 4.23. The summed E-state index contributed by atoms with van der Waals surface area (Å²) < 4.78 is 11.4. The van der Waals surface area contributed by atoms with E-state index in [1.807, 2.05) is 37.6 Å². The topological polar surface area (TPSA) is 85.3 Å². The van der Waals surface area contributed by atoms with Crippen molar-refractivity contribution in [2.24, 2.45) is 0 Å². The number of aryl methyl sites for hydroxylation is 3. The number of hydrogen-bond acceptors (Lipinski definition) is 9. The SMILES string of the molecule is CCO[C@@H]1CN(c2nccs2)C[C@H]1Nc1nc(CC)c(-c2ccc(OC)nc2C)nc1CC. The molecule has 0 aliphatic carbocycles. The van der Waals surface area contributed by atoms with Crippen LogP contribution in [0.15, 0.2) is 23.7 Å². The molecule has 0 spiro atoms. The lowest BCUT2D eigenvalue weighted by Gasteiger charge is -2.22. The Kier molecular flexibility index (Phi) is 7.39. The van der Waals surface area contributed by atoms with Gasteiger partial charge in [0.1, 0.15) is 5.82 Å². The summed E-state index contributed by atoms with van der Waals surface area (Å²) in [6.45, 7) is 10.5. The summed E-state index contributed by atoms with van der Waals surface area (Å²) in [5, 5.41) is 6.71. The lowest BCUT2D eigenvalue weighted by Crippen LogP contribution is -2.35. The van der Waals surface area contributed by atoms with Gasteiger partial charge in [0, 0.05) is 42.9 Å². The summed E-state index contributed by atoms with van der Waals surface area (Å²) in [7, 11) is 1.63. The molecule has 0 bridgehead atoms. The second-order valence-electron chi connectivity index (χ2n) is 7.97. The molecule has 1 aliphatic heterocycles. The molecule has 0 unspecified atom stereocenters. The Bertz CT molecular complexity index is 1080. The van der Waals surface area contributed by atoms with Crippen LogP contribution in [0.25, 0.3) is 11.3 Å². The zero-order chi connectivity index (χ0) is 23.4. The Balaban J connectivity index is 1.65. The van der Waals surface area contributed by atoms with Crippen molar-refractivity contribution in [3.63, 3.8) is 0 Å². The van der Waals surface area contributed by atoms with E-state index in [0.29, 0.717) is 12.5 Å². The van der Waals surface area contributed by atoms with Gasteiger partial charge in [-0.15, -0.1) is 11.3 Å². The summed E-state index contributed by atoms with van der Waals surface area (Å²) >= 11 is 1.65. The van der Waals surface area contributed by atoms with Crippen molar-refractivity contribution in [3.8, 4) is 17.1 Å². The second-order valence-corrected chi connectivity index (χ2v) is 8.85. The normalized spacial score (nSPS) is 18.0. The van der Waals surface area contributed by atoms with Gasteiger partial charge in [-0.2, -0.15) is 0 Å². The molecule has 176 valence electrons. The van der Waals surface area contributed by atoms with Crippen LogP contribution in [0.2, 0.25) is 0 Å². The monoisotopic (exact) mass is 468 g/mol. The molecule has 1 saturated heterocycles. The van der Waals surface area contributed by atoms with E-state index in [9.17, 15) is 0 Å². The van der Waals surface area contributed by atoms with Gasteiger partial charge in [0.15, 0.2) is 5.13 Å². The first-order valence-electron chi connectivity index (χ1n) is 11.5. The standard InChI is InChI=1S/C24H32N6O2S/c1-6-17-22(16-9-10-21(31-5)26-15(16)4)27-18(7-2)23(28-17)29-19-13-30(14-20(19)32-8-3)24-25-11-12-33-24/h9-12,19-20H,6-8,13-14H2,1-5H3,(H,28,29)/t19-,20-/m1/s1. The summed E-state index contributed by atoms with van der Waals surface area (Å²) in [5.41, 5.74) is 4.66. The minimum Gasteiger partial charge on any atom is -0.481 e. The average molecular weight is 469 g/mol. The number of pyridine rings is 1. The summed E-state index contributed by atoms with van der Waals surface area (Å²) in [5.74, 6) is 1.44. The Labute approximate surface area is 199 Å². The number of methoxy groups -OCH3 is 1. The molecule has 8 nitrogen and oxygen atoms in total. The molecule has 0 amide bonds. The molecule has 0 radical (unpaired) electrons. The first kappa shape index (κ1) is 23.4. The van der Waals surface area contributed by atoms with Gasteiger partial charge in [-0.25, -0.2) is 19.9 Å². The molecule has 3 aromatic heterocycles. The van der Waals surface area contributed by atoms with Crippen LogP contribution < -0.4 is 15.0 Å². The van der Waals surface area contributed by atoms with Crippen molar-refractivity contribution in [1.29, 1.82) is 0 Å². The third-order valence-corrected chi connectivity index (χ3v) is 6.73. The molecule has 0 aromatic carbocycles. The number of aromatic nitrogens is 4. The minimum absolute atomic E-state index is 0.0585. The predicted octanol–water partition coefficient (Wildman–Crippen LogP) is 4.14. The van der Waals surface area contributed by atoms with E-state index in [2.05, 4.69) is 34.0 Å². The largest absolute Gasteiger partial charge is 0.481 e. The van der Waals surface area contributed by atoms with Crippen LogP contribution in [0.1, 0.15) is 37.9 Å². The van der Waals surface area contributed by atoms with E-state index < -0.39 is 0 Å². The molecule has 0 saturated carbocycles. The van der Waals surface area contributed by atoms with E-state index in [1.54, 1.807) is 18.4 Å². The maximum atomic E-state index is 6.08. The molecule has 2 atom stereocenters. The van der Waals surface area contributed by atoms with Crippen LogP contribution >= 0.6 is 11.3 Å². The van der Waals surface area contributed by atoms with Gasteiger partial charge in [-0.05, 0) is 32.8 Å². The van der Waals surface area contributed by atoms with Crippen molar-refractivity contribution in [2.75, 3.05) is 37.0 Å². The van der Waals surface area contributed by atoms with Gasteiger partial charge in [0.25, 0.3) is 0 Å². The van der Waals surface area contributed by atoms with Gasteiger partial charge in [0.2, 0.25) is 5.88 Å². The maximum absolute atomic E-state index is 6.08. The average Bonchev–Trinajstić information content (AvgIpc) is 3.49. The highest BCUT2D eigenvalue weighted by atomic mass is 32.1. The van der Waals surface area contributed by atoms with E-state index >= 15 is 0 Å². The van der Waals surface area contributed by atoms with Crippen molar-refractivity contribution >= 4 is 22.3 Å². The highest BCUT2D eigenvalue weighted by Crippen LogP contribution is 2.30. The zero-order valence-corrected chi connectivity index (χ0v) is 20.8. The van der Waals surface area contributed by atoms with E-state index in [4.69, 9.17) is 19.4 Å². The first-order valence-corrected chi connectivity index (χ1v) is 12.4. The summed E-state index contributed by atoms with van der Waals surface area (Å²) in [6, 6.07) is 4.00. The zero-order valence-electron chi connectivity index (χ0n) is 20.0. The second kappa shape index (κ2) is 10.4. The predicted molar refractivity (Wildman–Crippen MR) is 132 cm³/mol. The van der Waals surface area contributed by atoms with Gasteiger partial charge in [0.05, 0.1) is 42.0 Å². The number of anilines is 2. The fraction of sp³-hybridized carbons (Fsp3) is 0.500. The number of thiazole rings is 1. The quantitative estimate of drug-likeness (QED) is 0.501. The molecule has 9 heteroatoms. The molecule has 4 rings (SSSR count). The minimum atomic E-state index is 0.0585.